The van der Waals surface area contributed by atoms with Crippen LogP contribution in [-0.4, -0.2) is 9.97 Å². The van der Waals surface area contributed by atoms with E-state index in [4.69, 9.17) is 9.97 Å². The minimum absolute atomic E-state index is 0.724. The summed E-state index contributed by atoms with van der Waals surface area (Å²) in [5, 5.41) is 0. The van der Waals surface area contributed by atoms with E-state index in [0.717, 1.165) is 56.2 Å². The van der Waals surface area contributed by atoms with Gasteiger partial charge in [0.15, 0.2) is 5.82 Å². The molecule has 4 aromatic carbocycles. The van der Waals surface area contributed by atoms with Gasteiger partial charge in [0.05, 0.1) is 11.4 Å². The van der Waals surface area contributed by atoms with Crippen LogP contribution in [0.25, 0.3) is 45.0 Å². The van der Waals surface area contributed by atoms with Crippen molar-refractivity contribution in [1.29, 1.82) is 0 Å². The Balaban J connectivity index is 0.000000302. The molecule has 2 nitrogen and oxygen atoms in total. The highest BCUT2D eigenvalue weighted by Gasteiger charge is 2.17. The van der Waals surface area contributed by atoms with Crippen LogP contribution in [0.4, 0.5) is 0 Å². The predicted octanol–water partition coefficient (Wildman–Crippen LogP) is 13.1. The smallest absolute Gasteiger partial charge is 0.160 e. The molecular formula is C47H48N2. The molecule has 1 heterocycles. The lowest BCUT2D eigenvalue weighted by Gasteiger charge is -2.16. The summed E-state index contributed by atoms with van der Waals surface area (Å²) in [4.78, 5) is 10.2. The molecule has 49 heavy (non-hydrogen) atoms. The number of allylic oxidation sites excluding steroid dienone is 10. The van der Waals surface area contributed by atoms with Gasteiger partial charge < -0.3 is 0 Å². The normalized spacial score (nSPS) is 11.3. The molecule has 246 valence electrons. The van der Waals surface area contributed by atoms with E-state index >= 15 is 0 Å². The lowest BCUT2D eigenvalue weighted by atomic mass is 9.96. The van der Waals surface area contributed by atoms with E-state index in [1.807, 2.05) is 37.3 Å². The molecule has 5 aromatic rings. The van der Waals surface area contributed by atoms with Gasteiger partial charge in [-0.1, -0.05) is 146 Å². The fourth-order valence-corrected chi connectivity index (χ4v) is 5.75. The molecule has 0 aliphatic rings. The van der Waals surface area contributed by atoms with Gasteiger partial charge in [-0.25, -0.2) is 9.97 Å². The van der Waals surface area contributed by atoms with Gasteiger partial charge in [-0.05, 0) is 99.6 Å². The fraction of sp³-hybridized carbons (Fsp3) is 0.149. The average molecular weight is 641 g/mol. The van der Waals surface area contributed by atoms with Crippen LogP contribution in [-0.2, 0) is 0 Å². The lowest BCUT2D eigenvalue weighted by Crippen LogP contribution is -2.01. The summed E-state index contributed by atoms with van der Waals surface area (Å²) < 4.78 is 0. The van der Waals surface area contributed by atoms with Gasteiger partial charge in [-0.3, -0.25) is 0 Å². The van der Waals surface area contributed by atoms with Crippen LogP contribution in [0.15, 0.2) is 158 Å². The zero-order chi connectivity index (χ0) is 35.3. The molecule has 0 aliphatic carbocycles. The molecule has 0 spiro atoms. The Morgan fingerprint density at radius 1 is 0.673 bits per heavy atom. The molecule has 0 fully saturated rings. The first kappa shape index (κ1) is 36.2. The minimum Gasteiger partial charge on any atom is -0.228 e. The van der Waals surface area contributed by atoms with E-state index in [9.17, 15) is 0 Å². The Kier molecular flexibility index (Phi) is 13.0. The molecule has 0 radical (unpaired) electrons. The van der Waals surface area contributed by atoms with E-state index in [1.165, 1.54) is 27.8 Å². The zero-order valence-electron chi connectivity index (χ0n) is 30.1. The molecule has 0 unspecified atom stereocenters. The second kappa shape index (κ2) is 17.5. The Bertz CT molecular complexity index is 2050. The van der Waals surface area contributed by atoms with Crippen molar-refractivity contribution < 1.29 is 0 Å². The first-order chi connectivity index (χ1) is 23.7. The van der Waals surface area contributed by atoms with E-state index < -0.39 is 0 Å². The lowest BCUT2D eigenvalue weighted by molar-refractivity contribution is 1.14. The summed E-state index contributed by atoms with van der Waals surface area (Å²) in [6, 6.07) is 33.7. The van der Waals surface area contributed by atoms with Crippen molar-refractivity contribution in [3.63, 3.8) is 0 Å². The molecule has 0 aliphatic heterocycles. The van der Waals surface area contributed by atoms with Gasteiger partial charge in [0.1, 0.15) is 0 Å². The molecule has 0 amide bonds. The highest BCUT2D eigenvalue weighted by Crippen LogP contribution is 2.34. The van der Waals surface area contributed by atoms with Crippen LogP contribution in [0.3, 0.4) is 0 Å². The number of aromatic nitrogens is 2. The minimum atomic E-state index is 0.724. The highest BCUT2D eigenvalue weighted by molar-refractivity contribution is 5.81. The Morgan fingerprint density at radius 2 is 1.33 bits per heavy atom. The summed E-state index contributed by atoms with van der Waals surface area (Å²) in [5.41, 5.74) is 16.0. The summed E-state index contributed by atoms with van der Waals surface area (Å²) in [5.74, 6) is 0.724. The van der Waals surface area contributed by atoms with E-state index in [2.05, 4.69) is 158 Å². The topological polar surface area (TPSA) is 25.8 Å². The third-order valence-corrected chi connectivity index (χ3v) is 8.32. The number of hydrogen-bond acceptors (Lipinski definition) is 2. The highest BCUT2D eigenvalue weighted by atomic mass is 14.9. The van der Waals surface area contributed by atoms with Gasteiger partial charge in [-0.15, -0.1) is 0 Å². The monoisotopic (exact) mass is 640 g/mol. The SMILES string of the molecule is C=C/C(=C\C=C/C)c1cc(C)cc(-c2nc(-c3ccccc3)c(C)c(-c3ccccc3C)n2)c1.C=C/C=C\C(=C(C)C)c1ccccc1C. The average Bonchev–Trinajstić information content (AvgIpc) is 3.10. The largest absolute Gasteiger partial charge is 0.228 e. The summed E-state index contributed by atoms with van der Waals surface area (Å²) in [7, 11) is 0. The van der Waals surface area contributed by atoms with Crippen molar-refractivity contribution in [2.45, 2.75) is 48.5 Å². The molecule has 0 saturated heterocycles. The van der Waals surface area contributed by atoms with Gasteiger partial charge in [0.2, 0.25) is 0 Å². The Labute approximate surface area is 294 Å². The standard InChI is InChI=1S/C32H30N2.C15H18/c1-6-8-15-25(7-2)27-19-22(3)20-28(21-27)32-33-30(26-16-10-9-11-17-26)24(5)31(34-32)29-18-13-12-14-23(29)4;1-5-6-10-14(12(2)3)15-11-8-7-9-13(15)4/h6-21H,2H2,1,3-5H3;5-11H,1H2,2-4H3/b8-6-,25-15+;10-6-. The van der Waals surface area contributed by atoms with Crippen molar-refractivity contribution in [3.8, 4) is 33.9 Å². The number of aryl methyl sites for hydroxylation is 3. The van der Waals surface area contributed by atoms with Crippen LogP contribution in [0.2, 0.25) is 0 Å². The number of hydrogen-bond donors (Lipinski definition) is 0. The van der Waals surface area contributed by atoms with Crippen molar-refractivity contribution in [2.75, 3.05) is 0 Å². The van der Waals surface area contributed by atoms with Crippen molar-refractivity contribution in [3.05, 3.63) is 192 Å². The molecule has 5 rings (SSSR count). The van der Waals surface area contributed by atoms with Crippen molar-refractivity contribution in [2.24, 2.45) is 0 Å². The second-order valence-electron chi connectivity index (χ2n) is 12.3. The third-order valence-electron chi connectivity index (χ3n) is 8.32. The van der Waals surface area contributed by atoms with Crippen LogP contribution in [0.1, 0.15) is 54.2 Å². The summed E-state index contributed by atoms with van der Waals surface area (Å²) in [6.45, 7) is 22.5. The fourth-order valence-electron chi connectivity index (χ4n) is 5.75. The number of benzene rings is 4. The maximum atomic E-state index is 5.12. The van der Waals surface area contributed by atoms with Crippen LogP contribution in [0.5, 0.6) is 0 Å². The van der Waals surface area contributed by atoms with E-state index in [-0.39, 0.29) is 0 Å². The zero-order valence-corrected chi connectivity index (χ0v) is 30.1. The first-order valence-electron chi connectivity index (χ1n) is 16.8. The summed E-state index contributed by atoms with van der Waals surface area (Å²) >= 11 is 0. The van der Waals surface area contributed by atoms with Crippen molar-refractivity contribution in [1.82, 2.24) is 9.97 Å². The maximum absolute atomic E-state index is 5.12. The van der Waals surface area contributed by atoms with Crippen LogP contribution in [0, 0.1) is 27.7 Å². The van der Waals surface area contributed by atoms with Gasteiger partial charge >= 0.3 is 0 Å². The Hall–Kier alpha value is -5.60. The molecule has 2 heteroatoms. The van der Waals surface area contributed by atoms with Gasteiger partial charge in [0.25, 0.3) is 0 Å². The molecule has 0 saturated carbocycles. The molecule has 1 aromatic heterocycles. The number of rotatable bonds is 9. The molecular weight excluding hydrogens is 593 g/mol. The van der Waals surface area contributed by atoms with Crippen LogP contribution >= 0.6 is 0 Å². The van der Waals surface area contributed by atoms with Gasteiger partial charge in [0, 0.05) is 22.3 Å². The van der Waals surface area contributed by atoms with Crippen molar-refractivity contribution >= 4 is 11.1 Å². The first-order valence-corrected chi connectivity index (χ1v) is 16.8. The second-order valence-corrected chi connectivity index (χ2v) is 12.3. The summed E-state index contributed by atoms with van der Waals surface area (Å²) in [6.07, 6.45) is 13.9. The van der Waals surface area contributed by atoms with Gasteiger partial charge in [-0.2, -0.15) is 0 Å². The third kappa shape index (κ3) is 9.27. The predicted molar refractivity (Wildman–Crippen MR) is 214 cm³/mol. The molecule has 0 atom stereocenters. The molecule has 0 bridgehead atoms. The number of nitrogens with zero attached hydrogens (tertiary/aromatic N) is 2. The van der Waals surface area contributed by atoms with Crippen LogP contribution < -0.4 is 0 Å². The maximum Gasteiger partial charge on any atom is 0.160 e. The van der Waals surface area contributed by atoms with E-state index in [0.29, 0.717) is 0 Å². The molecule has 0 N–H and O–H groups in total. The van der Waals surface area contributed by atoms with E-state index in [1.54, 1.807) is 6.08 Å². The quantitative estimate of drug-likeness (QED) is 0.150. The Morgan fingerprint density at radius 3 is 1.96 bits per heavy atom.